The summed E-state index contributed by atoms with van der Waals surface area (Å²) in [4.78, 5) is 17.3. The predicted molar refractivity (Wildman–Crippen MR) is 115 cm³/mol. The van der Waals surface area contributed by atoms with E-state index in [1.54, 1.807) is 0 Å². The summed E-state index contributed by atoms with van der Waals surface area (Å²) >= 11 is 1.50. The van der Waals surface area contributed by atoms with Gasteiger partial charge >= 0.3 is 5.97 Å². The van der Waals surface area contributed by atoms with Gasteiger partial charge in [0.15, 0.2) is 0 Å². The molecule has 0 bridgehead atoms. The van der Waals surface area contributed by atoms with Crippen molar-refractivity contribution in [2.24, 2.45) is 11.1 Å². The van der Waals surface area contributed by atoms with E-state index in [9.17, 15) is 9.90 Å². The van der Waals surface area contributed by atoms with Crippen LogP contribution in [0.25, 0.3) is 15.7 Å². The number of hydrogen-bond acceptors (Lipinski definition) is 5. The van der Waals surface area contributed by atoms with E-state index < -0.39 is 5.97 Å². The second-order valence-corrected chi connectivity index (χ2v) is 7.85. The molecule has 6 heteroatoms. The number of rotatable bonds is 8. The monoisotopic (exact) mass is 407 g/mol. The molecule has 2 aromatic carbocycles. The van der Waals surface area contributed by atoms with E-state index in [0.29, 0.717) is 18.1 Å². The molecule has 1 aromatic heterocycles. The molecule has 0 spiro atoms. The number of nitrogens with zero attached hydrogens (tertiary/aromatic N) is 1. The number of carbonyl (C=O) groups is 1. The summed E-state index contributed by atoms with van der Waals surface area (Å²) < 4.78 is 5.96. The molecular weight excluding hydrogens is 386 g/mol. The highest BCUT2D eigenvalue weighted by molar-refractivity contribution is 7.17. The van der Waals surface area contributed by atoms with Crippen LogP contribution < -0.4 is 0 Å². The molecule has 1 aliphatic carbocycles. The van der Waals surface area contributed by atoms with Gasteiger partial charge < -0.3 is 14.7 Å². The van der Waals surface area contributed by atoms with Crippen molar-refractivity contribution in [1.82, 2.24) is 0 Å². The Morgan fingerprint density at radius 1 is 1.24 bits per heavy atom. The van der Waals surface area contributed by atoms with E-state index in [1.165, 1.54) is 24.7 Å². The Morgan fingerprint density at radius 2 is 2.03 bits per heavy atom. The summed E-state index contributed by atoms with van der Waals surface area (Å²) in [5, 5.41) is 16.6. The first-order chi connectivity index (χ1) is 14.2. The van der Waals surface area contributed by atoms with Crippen molar-refractivity contribution in [3.8, 4) is 0 Å². The molecule has 1 fully saturated rings. The third-order valence-electron chi connectivity index (χ3n) is 4.82. The topological polar surface area (TPSA) is 68.1 Å². The third-order valence-corrected chi connectivity index (χ3v) is 5.79. The van der Waals surface area contributed by atoms with Gasteiger partial charge in [0.2, 0.25) is 0 Å². The van der Waals surface area contributed by atoms with E-state index in [0.717, 1.165) is 39.8 Å². The second kappa shape index (κ2) is 8.49. The zero-order chi connectivity index (χ0) is 20.2. The molecule has 5 nitrogen and oxygen atoms in total. The fourth-order valence-corrected chi connectivity index (χ4v) is 4.17. The lowest BCUT2D eigenvalue weighted by Gasteiger charge is -2.07. The fraction of sp³-hybridized carbons (Fsp3) is 0.217. The molecule has 29 heavy (non-hydrogen) atoms. The Balaban J connectivity index is 1.56. The van der Waals surface area contributed by atoms with E-state index >= 15 is 0 Å². The average Bonchev–Trinajstić information content (AvgIpc) is 3.49. The quantitative estimate of drug-likeness (QED) is 0.238. The van der Waals surface area contributed by atoms with Gasteiger partial charge in [0, 0.05) is 26.9 Å². The van der Waals surface area contributed by atoms with Gasteiger partial charge in [0.05, 0.1) is 19.1 Å². The van der Waals surface area contributed by atoms with Gasteiger partial charge in [-0.1, -0.05) is 41.6 Å². The highest BCUT2D eigenvalue weighted by Crippen LogP contribution is 2.34. The highest BCUT2D eigenvalue weighted by Gasteiger charge is 2.29. The number of fused-ring (bicyclic) bond motifs is 1. The van der Waals surface area contributed by atoms with Crippen LogP contribution in [0.15, 0.2) is 65.3 Å². The molecule has 0 saturated heterocycles. The normalized spacial score (nSPS) is 14.8. The van der Waals surface area contributed by atoms with Gasteiger partial charge in [-0.3, -0.25) is 0 Å². The van der Waals surface area contributed by atoms with Gasteiger partial charge in [-0.2, -0.15) is 0 Å². The summed E-state index contributed by atoms with van der Waals surface area (Å²) in [6.45, 7) is 0.324. The van der Waals surface area contributed by atoms with Crippen LogP contribution in [0.5, 0.6) is 0 Å². The van der Waals surface area contributed by atoms with Gasteiger partial charge in [-0.25, -0.2) is 4.79 Å². The minimum Gasteiger partial charge on any atom is -0.503 e. The minimum absolute atomic E-state index is 0.134. The molecular formula is C23H21NO4S. The van der Waals surface area contributed by atoms with Crippen molar-refractivity contribution in [3.05, 3.63) is 76.9 Å². The Hall–Kier alpha value is -3.12. The van der Waals surface area contributed by atoms with Crippen molar-refractivity contribution in [3.63, 3.8) is 0 Å². The highest BCUT2D eigenvalue weighted by atomic mass is 32.1. The van der Waals surface area contributed by atoms with Gasteiger partial charge in [0.1, 0.15) is 12.2 Å². The van der Waals surface area contributed by atoms with Crippen molar-refractivity contribution in [2.45, 2.75) is 19.4 Å². The molecule has 1 N–H and O–H groups in total. The molecule has 1 aliphatic rings. The first-order valence-electron chi connectivity index (χ1n) is 9.39. The fourth-order valence-electron chi connectivity index (χ4n) is 3.23. The molecule has 0 aliphatic heterocycles. The first kappa shape index (κ1) is 19.2. The summed E-state index contributed by atoms with van der Waals surface area (Å²) in [6, 6.07) is 16.0. The van der Waals surface area contributed by atoms with E-state index in [2.05, 4.69) is 17.3 Å². The number of oxime groups is 1. The lowest BCUT2D eigenvalue weighted by Crippen LogP contribution is -2.04. The van der Waals surface area contributed by atoms with Crippen LogP contribution >= 0.6 is 11.3 Å². The van der Waals surface area contributed by atoms with Crippen LogP contribution in [-0.4, -0.2) is 23.9 Å². The maximum absolute atomic E-state index is 11.6. The lowest BCUT2D eigenvalue weighted by molar-refractivity contribution is -0.130. The number of carboxylic acid groups (broad SMARTS) is 1. The summed E-state index contributed by atoms with van der Waals surface area (Å²) in [5.41, 5.74) is 3.81. The maximum Gasteiger partial charge on any atom is 0.339 e. The Bertz CT molecular complexity index is 1080. The van der Waals surface area contributed by atoms with Crippen molar-refractivity contribution >= 4 is 38.7 Å². The van der Waals surface area contributed by atoms with E-state index in [1.807, 2.05) is 41.8 Å². The summed E-state index contributed by atoms with van der Waals surface area (Å²) in [5.74, 6) is -0.546. The lowest BCUT2D eigenvalue weighted by atomic mass is 10.0. The number of thiophene rings is 1. The number of hydrogen-bond donors (Lipinski definition) is 1. The maximum atomic E-state index is 11.6. The predicted octanol–water partition coefficient (Wildman–Crippen LogP) is 5.30. The van der Waals surface area contributed by atoms with Crippen molar-refractivity contribution < 1.29 is 19.5 Å². The van der Waals surface area contributed by atoms with Crippen LogP contribution in [0.3, 0.4) is 0 Å². The van der Waals surface area contributed by atoms with Crippen LogP contribution in [-0.2, 0) is 21.0 Å². The molecule has 0 unspecified atom stereocenters. The zero-order valence-corrected chi connectivity index (χ0v) is 16.8. The van der Waals surface area contributed by atoms with Crippen LogP contribution in [0, 0.1) is 5.92 Å². The number of carboxylic acids is 1. The van der Waals surface area contributed by atoms with E-state index in [4.69, 9.17) is 9.57 Å². The van der Waals surface area contributed by atoms with Crippen molar-refractivity contribution in [1.29, 1.82) is 0 Å². The molecule has 148 valence electrons. The molecule has 1 heterocycles. The number of ether oxygens (including phenoxy) is 1. The number of methoxy groups -OCH3 is 1. The molecule has 0 amide bonds. The average molecular weight is 407 g/mol. The van der Waals surface area contributed by atoms with Gasteiger partial charge in [-0.15, -0.1) is 11.3 Å². The third kappa shape index (κ3) is 4.32. The van der Waals surface area contributed by atoms with Gasteiger partial charge in [0.25, 0.3) is 0 Å². The molecule has 1 saturated carbocycles. The SMILES string of the molecule is COC=C(C(=O)O)c1csc2ccc(CON=C(c3ccccc3)C3CC3)cc12. The standard InChI is InChI=1S/C23H21NO4S/c1-27-13-19(23(25)26)20-14-29-21-10-7-15(11-18(20)21)12-28-24-22(17-8-9-17)16-5-3-2-4-6-16/h2-7,10-11,13-14,17H,8-9,12H2,1H3,(H,25,26). The van der Waals surface area contributed by atoms with Crippen LogP contribution in [0.2, 0.25) is 0 Å². The summed E-state index contributed by atoms with van der Waals surface area (Å²) in [6.07, 6.45) is 3.55. The summed E-state index contributed by atoms with van der Waals surface area (Å²) in [7, 11) is 1.44. The molecule has 4 rings (SSSR count). The number of aliphatic carboxylic acids is 1. The minimum atomic E-state index is -1.02. The van der Waals surface area contributed by atoms with E-state index in [-0.39, 0.29) is 5.57 Å². The number of benzene rings is 2. The molecule has 0 atom stereocenters. The molecule has 3 aromatic rings. The van der Waals surface area contributed by atoms with Crippen molar-refractivity contribution in [2.75, 3.05) is 7.11 Å². The van der Waals surface area contributed by atoms with Crippen LogP contribution in [0.1, 0.15) is 29.5 Å². The zero-order valence-electron chi connectivity index (χ0n) is 16.0. The first-order valence-corrected chi connectivity index (χ1v) is 10.3. The Kier molecular flexibility index (Phi) is 5.62. The largest absolute Gasteiger partial charge is 0.503 e. The Morgan fingerprint density at radius 3 is 2.72 bits per heavy atom. The Labute approximate surface area is 172 Å². The smallest absolute Gasteiger partial charge is 0.339 e. The van der Waals surface area contributed by atoms with Crippen LogP contribution in [0.4, 0.5) is 0 Å². The van der Waals surface area contributed by atoms with Gasteiger partial charge in [-0.05, 0) is 36.1 Å². The molecule has 0 radical (unpaired) electrons. The second-order valence-electron chi connectivity index (χ2n) is 6.94.